The van der Waals surface area contributed by atoms with E-state index in [1.54, 1.807) is 0 Å². The molecule has 0 radical (unpaired) electrons. The van der Waals surface area contributed by atoms with Crippen LogP contribution in [0.15, 0.2) is 58.5 Å². The molecule has 0 saturated carbocycles. The second-order valence-electron chi connectivity index (χ2n) is 6.51. The summed E-state index contributed by atoms with van der Waals surface area (Å²) in [6.07, 6.45) is 2.30. The maximum Gasteiger partial charge on any atom is 0.212 e. The van der Waals surface area contributed by atoms with Crippen molar-refractivity contribution in [2.75, 3.05) is 11.4 Å². The summed E-state index contributed by atoms with van der Waals surface area (Å²) in [6.45, 7) is 8.39. The second kappa shape index (κ2) is 6.98. The van der Waals surface area contributed by atoms with Crippen molar-refractivity contribution in [1.29, 1.82) is 0 Å². The number of nitrogens with zero attached hydrogens (tertiary/aromatic N) is 2. The molecule has 0 N–H and O–H groups in total. The molecule has 4 rings (SSSR count). The van der Waals surface area contributed by atoms with Crippen LogP contribution < -0.4 is 9.47 Å². The monoisotopic (exact) mass is 381 g/mol. The molecular formula is C22H22ClN2S+. The summed E-state index contributed by atoms with van der Waals surface area (Å²) in [5.41, 5.74) is 5.00. The van der Waals surface area contributed by atoms with Gasteiger partial charge in [-0.2, -0.15) is 4.57 Å². The molecular weight excluding hydrogens is 360 g/mol. The van der Waals surface area contributed by atoms with Crippen molar-refractivity contribution in [2.45, 2.75) is 32.2 Å². The lowest BCUT2D eigenvalue weighted by Crippen LogP contribution is -2.37. The third-order valence-electron chi connectivity index (χ3n) is 4.82. The number of thioether (sulfide) groups is 1. The van der Waals surface area contributed by atoms with E-state index >= 15 is 0 Å². The van der Waals surface area contributed by atoms with Crippen molar-refractivity contribution < 1.29 is 4.57 Å². The summed E-state index contributed by atoms with van der Waals surface area (Å²) < 4.78 is 2.38. The Kier molecular flexibility index (Phi) is 4.68. The Balaban J connectivity index is 1.82. The van der Waals surface area contributed by atoms with Gasteiger partial charge in [0.25, 0.3) is 0 Å². The zero-order valence-corrected chi connectivity index (χ0v) is 16.9. The van der Waals surface area contributed by atoms with E-state index in [2.05, 4.69) is 78.8 Å². The van der Waals surface area contributed by atoms with Crippen LogP contribution in [0.25, 0.3) is 17.0 Å². The Morgan fingerprint density at radius 3 is 2.69 bits per heavy atom. The summed E-state index contributed by atoms with van der Waals surface area (Å²) >= 11 is 8.03. The molecule has 0 aliphatic carbocycles. The van der Waals surface area contributed by atoms with Crippen LogP contribution in [0, 0.1) is 6.92 Å². The molecule has 1 aliphatic heterocycles. The van der Waals surface area contributed by atoms with E-state index in [0.717, 1.165) is 18.1 Å². The number of halogens is 1. The van der Waals surface area contributed by atoms with E-state index < -0.39 is 0 Å². The van der Waals surface area contributed by atoms with E-state index in [9.17, 15) is 0 Å². The lowest BCUT2D eigenvalue weighted by atomic mass is 10.1. The average Bonchev–Trinajstić information content (AvgIpc) is 2.97. The van der Waals surface area contributed by atoms with Crippen molar-refractivity contribution in [2.24, 2.45) is 0 Å². The number of aryl methyl sites for hydroxylation is 2. The molecule has 0 saturated heterocycles. The Morgan fingerprint density at radius 2 is 1.92 bits per heavy atom. The van der Waals surface area contributed by atoms with Crippen LogP contribution in [0.3, 0.4) is 0 Å². The number of hydrogen-bond donors (Lipinski definition) is 0. The molecule has 0 fully saturated rings. The Bertz CT molecular complexity index is 1030. The minimum Gasteiger partial charge on any atom is -0.335 e. The fourth-order valence-corrected chi connectivity index (χ4v) is 4.89. The van der Waals surface area contributed by atoms with Crippen LogP contribution in [-0.4, -0.2) is 6.54 Å². The predicted molar refractivity (Wildman–Crippen MR) is 113 cm³/mol. The molecule has 2 nitrogen and oxygen atoms in total. The van der Waals surface area contributed by atoms with Crippen LogP contribution in [0.1, 0.15) is 25.1 Å². The third kappa shape index (κ3) is 3.00. The first-order valence-electron chi connectivity index (χ1n) is 9.00. The lowest BCUT2D eigenvalue weighted by Gasteiger charge is -2.18. The smallest absolute Gasteiger partial charge is 0.212 e. The zero-order chi connectivity index (χ0) is 18.3. The van der Waals surface area contributed by atoms with E-state index in [-0.39, 0.29) is 0 Å². The molecule has 26 heavy (non-hydrogen) atoms. The van der Waals surface area contributed by atoms with Gasteiger partial charge in [0.1, 0.15) is 6.54 Å². The summed E-state index contributed by atoms with van der Waals surface area (Å²) in [4.78, 5) is 3.60. The van der Waals surface area contributed by atoms with Crippen LogP contribution >= 0.6 is 23.4 Å². The molecule has 1 aliphatic rings. The van der Waals surface area contributed by atoms with Gasteiger partial charge < -0.3 is 4.90 Å². The average molecular weight is 382 g/mol. The van der Waals surface area contributed by atoms with Crippen molar-refractivity contribution in [3.63, 3.8) is 0 Å². The van der Waals surface area contributed by atoms with Gasteiger partial charge in [0.15, 0.2) is 0 Å². The Hall–Kier alpha value is -1.97. The first-order valence-corrected chi connectivity index (χ1v) is 10.2. The van der Waals surface area contributed by atoms with Crippen molar-refractivity contribution in [1.82, 2.24) is 0 Å². The van der Waals surface area contributed by atoms with Crippen LogP contribution in [0.4, 0.5) is 5.69 Å². The second-order valence-corrected chi connectivity index (χ2v) is 8.00. The van der Waals surface area contributed by atoms with Gasteiger partial charge in [-0.3, -0.25) is 0 Å². The molecule has 0 bridgehead atoms. The summed E-state index contributed by atoms with van der Waals surface area (Å²) in [6, 6.07) is 17.3. The largest absolute Gasteiger partial charge is 0.335 e. The minimum atomic E-state index is 0.786. The molecule has 0 atom stereocenters. The van der Waals surface area contributed by atoms with Crippen LogP contribution in [0.5, 0.6) is 0 Å². The van der Waals surface area contributed by atoms with E-state index in [1.165, 1.54) is 37.8 Å². The van der Waals surface area contributed by atoms with Gasteiger partial charge in [0.05, 0.1) is 10.7 Å². The highest BCUT2D eigenvalue weighted by atomic mass is 35.5. The van der Waals surface area contributed by atoms with Gasteiger partial charge in [0, 0.05) is 40.1 Å². The van der Waals surface area contributed by atoms with Crippen LogP contribution in [0.2, 0.25) is 5.02 Å². The first kappa shape index (κ1) is 17.4. The quantitative estimate of drug-likeness (QED) is 0.510. The summed E-state index contributed by atoms with van der Waals surface area (Å²) in [5, 5.41) is 3.32. The number of pyridine rings is 1. The number of fused-ring (bicyclic) bond motifs is 2. The molecule has 0 spiro atoms. The SMILES string of the molecule is CCN1/C(=C/c2ccc3cc(C)ccc3[n+]2CC)Sc2ccc(Cl)cc21. The molecule has 0 amide bonds. The predicted octanol–water partition coefficient (Wildman–Crippen LogP) is 6.04. The van der Waals surface area contributed by atoms with Gasteiger partial charge in [-0.1, -0.05) is 35.0 Å². The maximum atomic E-state index is 6.22. The first-order chi connectivity index (χ1) is 12.6. The zero-order valence-electron chi connectivity index (χ0n) is 15.3. The Labute approximate surface area is 164 Å². The number of benzene rings is 2. The topological polar surface area (TPSA) is 7.12 Å². The molecule has 2 heterocycles. The number of rotatable bonds is 3. The minimum absolute atomic E-state index is 0.786. The molecule has 0 unspecified atom stereocenters. The lowest BCUT2D eigenvalue weighted by molar-refractivity contribution is -0.669. The number of aromatic nitrogens is 1. The number of hydrogen-bond acceptors (Lipinski definition) is 2. The van der Waals surface area contributed by atoms with Crippen molar-refractivity contribution in [3.05, 3.63) is 69.8 Å². The van der Waals surface area contributed by atoms with Gasteiger partial charge >= 0.3 is 0 Å². The van der Waals surface area contributed by atoms with Gasteiger partial charge in [-0.15, -0.1) is 0 Å². The number of anilines is 1. The molecule has 2 aromatic carbocycles. The standard InChI is InChI=1S/C22H22ClN2S/c1-4-24-18(9-7-16-12-15(3)6-10-19(16)24)14-22-25(5-2)20-13-17(23)8-11-21(20)26-22/h6-14H,4-5H2,1-3H3/q+1. The summed E-state index contributed by atoms with van der Waals surface area (Å²) in [5.74, 6) is 0. The van der Waals surface area contributed by atoms with Gasteiger partial charge in [-0.05, 0) is 51.1 Å². The third-order valence-corrected chi connectivity index (χ3v) is 6.16. The van der Waals surface area contributed by atoms with E-state index in [0.29, 0.717) is 0 Å². The maximum absolute atomic E-state index is 6.22. The normalized spacial score (nSPS) is 15.1. The fourth-order valence-electron chi connectivity index (χ4n) is 3.57. The summed E-state index contributed by atoms with van der Waals surface area (Å²) in [7, 11) is 0. The highest BCUT2D eigenvalue weighted by Crippen LogP contribution is 2.47. The molecule has 4 heteroatoms. The highest BCUT2D eigenvalue weighted by molar-refractivity contribution is 8.03. The molecule has 3 aromatic rings. The highest BCUT2D eigenvalue weighted by Gasteiger charge is 2.25. The Morgan fingerprint density at radius 1 is 1.08 bits per heavy atom. The van der Waals surface area contributed by atoms with Crippen molar-refractivity contribution >= 4 is 46.0 Å². The fraction of sp³-hybridized carbons (Fsp3) is 0.227. The van der Waals surface area contributed by atoms with Gasteiger partial charge in [0.2, 0.25) is 11.2 Å². The molecule has 132 valence electrons. The van der Waals surface area contributed by atoms with Crippen molar-refractivity contribution in [3.8, 4) is 0 Å². The van der Waals surface area contributed by atoms with Gasteiger partial charge in [-0.25, -0.2) is 0 Å². The van der Waals surface area contributed by atoms with Crippen LogP contribution in [-0.2, 0) is 6.54 Å². The molecule has 1 aromatic heterocycles. The van der Waals surface area contributed by atoms with E-state index in [4.69, 9.17) is 11.6 Å². The van der Waals surface area contributed by atoms with E-state index in [1.807, 2.05) is 17.8 Å².